The summed E-state index contributed by atoms with van der Waals surface area (Å²) in [6.07, 6.45) is 1.04. The molecule has 2 rings (SSSR count). The maximum Gasteiger partial charge on any atom is 0.231 e. The Balaban J connectivity index is 2.06. The van der Waals surface area contributed by atoms with Crippen molar-refractivity contribution in [2.24, 2.45) is 5.92 Å². The van der Waals surface area contributed by atoms with Gasteiger partial charge in [-0.1, -0.05) is 50.2 Å². The highest BCUT2D eigenvalue weighted by atomic mass is 16.2. The second-order valence-corrected chi connectivity index (χ2v) is 6.69. The van der Waals surface area contributed by atoms with E-state index in [0.29, 0.717) is 17.2 Å². The van der Waals surface area contributed by atoms with Crippen molar-refractivity contribution in [1.82, 2.24) is 0 Å². The Kier molecular flexibility index (Phi) is 5.91. The molecule has 0 aliphatic heterocycles. The highest BCUT2D eigenvalue weighted by Gasteiger charge is 2.15. The van der Waals surface area contributed by atoms with Gasteiger partial charge in [-0.05, 0) is 49.4 Å². The first-order chi connectivity index (χ1) is 11.4. The normalized spacial score (nSPS) is 12.0. The summed E-state index contributed by atoms with van der Waals surface area (Å²) in [5.74, 6) is 0.274. The van der Waals surface area contributed by atoms with Gasteiger partial charge in [-0.2, -0.15) is 0 Å². The molecule has 126 valence electrons. The van der Waals surface area contributed by atoms with E-state index in [0.717, 1.165) is 12.0 Å². The lowest BCUT2D eigenvalue weighted by atomic mass is 9.96. The van der Waals surface area contributed by atoms with E-state index < -0.39 is 0 Å². The molecule has 1 N–H and O–H groups in total. The van der Waals surface area contributed by atoms with Gasteiger partial charge in [-0.3, -0.25) is 9.59 Å². The number of ketones is 1. The van der Waals surface area contributed by atoms with Crippen LogP contribution in [0.5, 0.6) is 0 Å². The van der Waals surface area contributed by atoms with E-state index in [-0.39, 0.29) is 17.6 Å². The monoisotopic (exact) mass is 323 g/mol. The molecule has 0 saturated carbocycles. The van der Waals surface area contributed by atoms with Crippen molar-refractivity contribution in [3.8, 4) is 0 Å². The van der Waals surface area contributed by atoms with E-state index in [2.05, 4.69) is 31.3 Å². The highest BCUT2D eigenvalue weighted by Crippen LogP contribution is 2.20. The van der Waals surface area contributed by atoms with Crippen molar-refractivity contribution in [3.05, 3.63) is 65.2 Å². The molecule has 0 saturated heterocycles. The maximum atomic E-state index is 12.5. The molecule has 0 heterocycles. The van der Waals surface area contributed by atoms with E-state index in [1.54, 1.807) is 24.3 Å². The van der Waals surface area contributed by atoms with Gasteiger partial charge in [0.05, 0.1) is 5.92 Å². The first-order valence-corrected chi connectivity index (χ1v) is 8.37. The van der Waals surface area contributed by atoms with Crippen molar-refractivity contribution in [1.29, 1.82) is 0 Å². The summed E-state index contributed by atoms with van der Waals surface area (Å²) < 4.78 is 0. The first kappa shape index (κ1) is 17.9. The van der Waals surface area contributed by atoms with Gasteiger partial charge < -0.3 is 5.32 Å². The number of amides is 1. The van der Waals surface area contributed by atoms with Gasteiger partial charge in [-0.15, -0.1) is 0 Å². The number of hydrogen-bond donors (Lipinski definition) is 1. The van der Waals surface area contributed by atoms with Gasteiger partial charge in [0.15, 0.2) is 5.78 Å². The fraction of sp³-hybridized carbons (Fsp3) is 0.333. The zero-order valence-corrected chi connectivity index (χ0v) is 14.8. The van der Waals surface area contributed by atoms with E-state index in [1.807, 2.05) is 19.1 Å². The second kappa shape index (κ2) is 7.91. The largest absolute Gasteiger partial charge is 0.326 e. The molecule has 0 radical (unpaired) electrons. The average Bonchev–Trinajstić information content (AvgIpc) is 2.54. The summed E-state index contributed by atoms with van der Waals surface area (Å²) in [4.78, 5) is 23.9. The van der Waals surface area contributed by atoms with E-state index in [4.69, 9.17) is 0 Å². The lowest BCUT2D eigenvalue weighted by Gasteiger charge is -2.14. The number of anilines is 1. The molecule has 0 bridgehead atoms. The number of nitrogens with one attached hydrogen (secondary N) is 1. The van der Waals surface area contributed by atoms with Crippen LogP contribution < -0.4 is 5.32 Å². The Hall–Kier alpha value is -2.42. The zero-order valence-electron chi connectivity index (χ0n) is 14.8. The molecule has 0 unspecified atom stereocenters. The Morgan fingerprint density at radius 2 is 1.67 bits per heavy atom. The van der Waals surface area contributed by atoms with E-state index in [1.165, 1.54) is 12.5 Å². The van der Waals surface area contributed by atoms with Gasteiger partial charge in [0.2, 0.25) is 5.91 Å². The third-order valence-corrected chi connectivity index (χ3v) is 4.05. The van der Waals surface area contributed by atoms with Gasteiger partial charge in [0.25, 0.3) is 0 Å². The third-order valence-electron chi connectivity index (χ3n) is 4.05. The molecule has 24 heavy (non-hydrogen) atoms. The second-order valence-electron chi connectivity index (χ2n) is 6.69. The summed E-state index contributed by atoms with van der Waals surface area (Å²) in [7, 11) is 0. The van der Waals surface area contributed by atoms with Crippen LogP contribution in [0.25, 0.3) is 0 Å². The third kappa shape index (κ3) is 4.79. The molecule has 1 amide bonds. The fourth-order valence-electron chi connectivity index (χ4n) is 2.63. The molecular formula is C21H25NO2. The zero-order chi connectivity index (χ0) is 17.7. The highest BCUT2D eigenvalue weighted by molar-refractivity contribution is 5.98. The number of hydrogen-bond acceptors (Lipinski definition) is 2. The van der Waals surface area contributed by atoms with Crippen LogP contribution in [-0.4, -0.2) is 11.7 Å². The summed E-state index contributed by atoms with van der Waals surface area (Å²) in [6.45, 7) is 7.79. The topological polar surface area (TPSA) is 46.2 Å². The quantitative estimate of drug-likeness (QED) is 0.774. The summed E-state index contributed by atoms with van der Waals surface area (Å²) in [5.41, 5.74) is 3.52. The maximum absolute atomic E-state index is 12.5. The van der Waals surface area contributed by atoms with Crippen molar-refractivity contribution < 1.29 is 9.59 Å². The van der Waals surface area contributed by atoms with Crippen molar-refractivity contribution in [2.45, 2.75) is 40.0 Å². The molecule has 0 fully saturated rings. The molecule has 3 heteroatoms. The molecule has 3 nitrogen and oxygen atoms in total. The van der Waals surface area contributed by atoms with Crippen molar-refractivity contribution in [3.63, 3.8) is 0 Å². The lowest BCUT2D eigenvalue weighted by molar-refractivity contribution is -0.117. The van der Waals surface area contributed by atoms with E-state index in [9.17, 15) is 9.59 Å². The van der Waals surface area contributed by atoms with Crippen LogP contribution >= 0.6 is 0 Å². The lowest BCUT2D eigenvalue weighted by Crippen LogP contribution is -2.19. The first-order valence-electron chi connectivity index (χ1n) is 8.37. The Labute approximate surface area is 144 Å². The molecule has 2 aromatic rings. The van der Waals surface area contributed by atoms with Crippen LogP contribution in [0.3, 0.4) is 0 Å². The molecule has 0 aromatic heterocycles. The minimum Gasteiger partial charge on any atom is -0.326 e. The SMILES string of the molecule is CC(=O)c1cccc(NC(=O)[C@H](C)c2ccc(CC(C)C)cc2)c1. The predicted molar refractivity (Wildman–Crippen MR) is 98.5 cm³/mol. The van der Waals surface area contributed by atoms with E-state index >= 15 is 0 Å². The van der Waals surface area contributed by atoms with Gasteiger partial charge in [-0.25, -0.2) is 0 Å². The van der Waals surface area contributed by atoms with Crippen molar-refractivity contribution >= 4 is 17.4 Å². The van der Waals surface area contributed by atoms with Crippen LogP contribution in [0.15, 0.2) is 48.5 Å². The predicted octanol–water partition coefficient (Wildman–Crippen LogP) is 4.83. The number of benzene rings is 2. The number of carbonyl (C=O) groups is 2. The van der Waals surface area contributed by atoms with Crippen LogP contribution in [0.4, 0.5) is 5.69 Å². The molecule has 2 aromatic carbocycles. The van der Waals surface area contributed by atoms with Crippen LogP contribution in [0, 0.1) is 5.92 Å². The van der Waals surface area contributed by atoms with Gasteiger partial charge in [0, 0.05) is 11.3 Å². The number of rotatable bonds is 6. The molecule has 1 atom stereocenters. The molecule has 0 spiro atoms. The molecule has 0 aliphatic carbocycles. The Bertz CT molecular complexity index is 717. The minimum absolute atomic E-state index is 0.0140. The fourth-order valence-corrected chi connectivity index (χ4v) is 2.63. The number of Topliss-reactive ketones (excluding diaryl/α,β-unsaturated/α-hetero) is 1. The summed E-state index contributed by atoms with van der Waals surface area (Å²) >= 11 is 0. The van der Waals surface area contributed by atoms with Gasteiger partial charge >= 0.3 is 0 Å². The molecular weight excluding hydrogens is 298 g/mol. The standard InChI is InChI=1S/C21H25NO2/c1-14(2)12-17-8-10-18(11-9-17)15(3)21(24)22-20-7-5-6-19(13-20)16(4)23/h5-11,13-15H,12H2,1-4H3,(H,22,24)/t15-/m1/s1. The smallest absolute Gasteiger partial charge is 0.231 e. The van der Waals surface area contributed by atoms with Crippen LogP contribution in [0.2, 0.25) is 0 Å². The van der Waals surface area contributed by atoms with Crippen molar-refractivity contribution in [2.75, 3.05) is 5.32 Å². The Morgan fingerprint density at radius 3 is 2.25 bits per heavy atom. The van der Waals surface area contributed by atoms with Crippen LogP contribution in [0.1, 0.15) is 55.1 Å². The van der Waals surface area contributed by atoms with Crippen LogP contribution in [-0.2, 0) is 11.2 Å². The minimum atomic E-state index is -0.251. The summed E-state index contributed by atoms with van der Waals surface area (Å²) in [6, 6.07) is 15.3. The van der Waals surface area contributed by atoms with Gasteiger partial charge in [0.1, 0.15) is 0 Å². The molecule has 0 aliphatic rings. The number of carbonyl (C=O) groups excluding carboxylic acids is 2. The summed E-state index contributed by atoms with van der Waals surface area (Å²) in [5, 5.41) is 2.89. The average molecular weight is 323 g/mol. The Morgan fingerprint density at radius 1 is 1.00 bits per heavy atom.